The second-order valence-electron chi connectivity index (χ2n) is 6.43. The molecule has 0 aliphatic heterocycles. The van der Waals surface area contributed by atoms with E-state index in [1.807, 2.05) is 0 Å². The lowest BCUT2D eigenvalue weighted by Gasteiger charge is -2.12. The van der Waals surface area contributed by atoms with Crippen LogP contribution in [0.1, 0.15) is 38.1 Å². The zero-order valence-corrected chi connectivity index (χ0v) is 12.5. The van der Waals surface area contributed by atoms with Gasteiger partial charge in [0.15, 0.2) is 0 Å². The van der Waals surface area contributed by atoms with Crippen LogP contribution in [0, 0.1) is 16.6 Å². The number of carbonyl (C=O) groups excluding carboxylic acids is 1. The maximum Gasteiger partial charge on any atom is 0.340 e. The zero-order valence-electron chi connectivity index (χ0n) is 12.5. The third kappa shape index (κ3) is 2.01. The van der Waals surface area contributed by atoms with Crippen LogP contribution in [-0.4, -0.2) is 19.1 Å². The third-order valence-electron chi connectivity index (χ3n) is 4.87. The number of methoxy groups -OCH3 is 1. The summed E-state index contributed by atoms with van der Waals surface area (Å²) < 4.78 is 18.6. The maximum absolute atomic E-state index is 14.0. The van der Waals surface area contributed by atoms with Crippen LogP contribution in [0.5, 0.6) is 0 Å². The minimum Gasteiger partial charge on any atom is -0.465 e. The molecular formula is C15H21FN2O2. The Balaban J connectivity index is 2.32. The first-order valence-corrected chi connectivity index (χ1v) is 6.56. The highest BCUT2D eigenvalue weighted by Crippen LogP contribution is 2.63. The fourth-order valence-electron chi connectivity index (χ4n) is 2.70. The van der Waals surface area contributed by atoms with E-state index in [9.17, 15) is 9.18 Å². The van der Waals surface area contributed by atoms with E-state index in [1.54, 1.807) is 0 Å². The predicted molar refractivity (Wildman–Crippen MR) is 77.1 cm³/mol. The summed E-state index contributed by atoms with van der Waals surface area (Å²) >= 11 is 0. The smallest absolute Gasteiger partial charge is 0.340 e. The van der Waals surface area contributed by atoms with Crippen molar-refractivity contribution >= 4 is 17.3 Å². The molecule has 5 heteroatoms. The first-order valence-electron chi connectivity index (χ1n) is 6.56. The highest BCUT2D eigenvalue weighted by Gasteiger charge is 2.65. The Morgan fingerprint density at radius 3 is 2.30 bits per heavy atom. The number of halogens is 1. The molecule has 3 N–H and O–H groups in total. The minimum atomic E-state index is -0.570. The van der Waals surface area contributed by atoms with Crippen LogP contribution < -0.4 is 11.1 Å². The average Bonchev–Trinajstić information content (AvgIpc) is 2.73. The van der Waals surface area contributed by atoms with E-state index >= 15 is 0 Å². The summed E-state index contributed by atoms with van der Waals surface area (Å²) in [5.41, 5.74) is 6.31. The lowest BCUT2D eigenvalue weighted by molar-refractivity contribution is 0.0602. The minimum absolute atomic E-state index is 0.0618. The Bertz CT molecular complexity index is 553. The molecule has 0 spiro atoms. The van der Waals surface area contributed by atoms with Crippen LogP contribution in [0.4, 0.5) is 15.8 Å². The molecule has 2 rings (SSSR count). The van der Waals surface area contributed by atoms with Crippen molar-refractivity contribution in [1.82, 2.24) is 0 Å². The van der Waals surface area contributed by atoms with Crippen LogP contribution in [0.3, 0.4) is 0 Å². The molecular weight excluding hydrogens is 259 g/mol. The van der Waals surface area contributed by atoms with Gasteiger partial charge in [-0.2, -0.15) is 0 Å². The van der Waals surface area contributed by atoms with Crippen LogP contribution in [0.15, 0.2) is 12.1 Å². The standard InChI is InChI=1S/C15H21FN2O2/c1-14(2)13(15(14,3)4)18-11-6-8(12(19)20-5)10(17)7-9(11)16/h6-7,13,18H,17H2,1-5H3. The summed E-state index contributed by atoms with van der Waals surface area (Å²) in [6.07, 6.45) is 0. The Hall–Kier alpha value is -1.78. The van der Waals surface area contributed by atoms with Gasteiger partial charge in [-0.15, -0.1) is 0 Å². The van der Waals surface area contributed by atoms with Crippen molar-refractivity contribution in [2.24, 2.45) is 10.8 Å². The normalized spacial score (nSPS) is 19.5. The van der Waals surface area contributed by atoms with Gasteiger partial charge in [-0.3, -0.25) is 0 Å². The molecule has 1 aromatic rings. The zero-order chi connectivity index (χ0) is 15.3. The van der Waals surface area contributed by atoms with Crippen LogP contribution in [-0.2, 0) is 4.74 Å². The van der Waals surface area contributed by atoms with Crippen molar-refractivity contribution in [3.8, 4) is 0 Å². The molecule has 1 fully saturated rings. The highest BCUT2D eigenvalue weighted by molar-refractivity contribution is 5.96. The van der Waals surface area contributed by atoms with E-state index in [1.165, 1.54) is 13.2 Å². The molecule has 0 aromatic heterocycles. The molecule has 1 aromatic carbocycles. The number of anilines is 2. The molecule has 0 atom stereocenters. The molecule has 0 amide bonds. The van der Waals surface area contributed by atoms with Crippen LogP contribution in [0.25, 0.3) is 0 Å². The molecule has 1 saturated carbocycles. The number of esters is 1. The van der Waals surface area contributed by atoms with Gasteiger partial charge in [-0.1, -0.05) is 27.7 Å². The summed E-state index contributed by atoms with van der Waals surface area (Å²) in [4.78, 5) is 11.6. The Morgan fingerprint density at radius 1 is 1.30 bits per heavy atom. The van der Waals surface area contributed by atoms with E-state index in [2.05, 4.69) is 37.7 Å². The number of benzene rings is 1. The van der Waals surface area contributed by atoms with Gasteiger partial charge in [0.05, 0.1) is 18.4 Å². The van der Waals surface area contributed by atoms with Gasteiger partial charge in [0.2, 0.25) is 0 Å². The largest absolute Gasteiger partial charge is 0.465 e. The van der Waals surface area contributed by atoms with Crippen molar-refractivity contribution in [1.29, 1.82) is 0 Å². The number of hydrogen-bond donors (Lipinski definition) is 2. The predicted octanol–water partition coefficient (Wildman–Crippen LogP) is 3.04. The first-order chi connectivity index (χ1) is 9.12. The first kappa shape index (κ1) is 14.6. The lowest BCUT2D eigenvalue weighted by Crippen LogP contribution is -2.14. The topological polar surface area (TPSA) is 64.3 Å². The Labute approximate surface area is 118 Å². The fourth-order valence-corrected chi connectivity index (χ4v) is 2.70. The summed E-state index contributed by atoms with van der Waals surface area (Å²) in [6.45, 7) is 8.50. The van der Waals surface area contributed by atoms with E-state index in [0.29, 0.717) is 0 Å². The number of hydrogen-bond acceptors (Lipinski definition) is 4. The Morgan fingerprint density at radius 2 is 1.85 bits per heavy atom. The SMILES string of the molecule is COC(=O)c1cc(NC2C(C)(C)C2(C)C)c(F)cc1N. The molecule has 0 bridgehead atoms. The average molecular weight is 280 g/mol. The van der Waals surface area contributed by atoms with Gasteiger partial charge in [0.25, 0.3) is 0 Å². The van der Waals surface area contributed by atoms with Gasteiger partial charge in [-0.25, -0.2) is 9.18 Å². The quantitative estimate of drug-likeness (QED) is 0.660. The second-order valence-corrected chi connectivity index (χ2v) is 6.43. The number of nitrogen functional groups attached to an aromatic ring is 1. The third-order valence-corrected chi connectivity index (χ3v) is 4.87. The monoisotopic (exact) mass is 280 g/mol. The van der Waals surface area contributed by atoms with E-state index < -0.39 is 11.8 Å². The summed E-state index contributed by atoms with van der Waals surface area (Å²) in [5.74, 6) is -1.03. The summed E-state index contributed by atoms with van der Waals surface area (Å²) in [7, 11) is 1.27. The Kier molecular flexibility index (Phi) is 3.19. The second kappa shape index (κ2) is 4.36. The molecule has 0 radical (unpaired) electrons. The molecule has 110 valence electrons. The maximum atomic E-state index is 14.0. The number of carbonyl (C=O) groups is 1. The van der Waals surface area contributed by atoms with Crippen molar-refractivity contribution in [3.63, 3.8) is 0 Å². The number of rotatable bonds is 3. The fraction of sp³-hybridized carbons (Fsp3) is 0.533. The highest BCUT2D eigenvalue weighted by atomic mass is 19.1. The molecule has 1 aliphatic rings. The summed E-state index contributed by atoms with van der Waals surface area (Å²) in [5, 5.41) is 3.17. The van der Waals surface area contributed by atoms with Gasteiger partial charge in [0, 0.05) is 11.7 Å². The van der Waals surface area contributed by atoms with E-state index in [-0.39, 0.29) is 33.8 Å². The van der Waals surface area contributed by atoms with Crippen LogP contribution >= 0.6 is 0 Å². The number of ether oxygens (including phenoxy) is 1. The molecule has 4 nitrogen and oxygen atoms in total. The lowest BCUT2D eigenvalue weighted by atomic mass is 10.0. The van der Waals surface area contributed by atoms with E-state index in [4.69, 9.17) is 5.73 Å². The van der Waals surface area contributed by atoms with Crippen molar-refractivity contribution < 1.29 is 13.9 Å². The number of nitrogens with one attached hydrogen (secondary N) is 1. The van der Waals surface area contributed by atoms with Crippen molar-refractivity contribution in [2.45, 2.75) is 33.7 Å². The van der Waals surface area contributed by atoms with Gasteiger partial charge < -0.3 is 15.8 Å². The van der Waals surface area contributed by atoms with Crippen LogP contribution in [0.2, 0.25) is 0 Å². The molecule has 1 aliphatic carbocycles. The number of nitrogens with two attached hydrogens (primary N) is 1. The van der Waals surface area contributed by atoms with Crippen molar-refractivity contribution in [3.05, 3.63) is 23.5 Å². The van der Waals surface area contributed by atoms with Gasteiger partial charge in [-0.05, 0) is 23.0 Å². The summed E-state index contributed by atoms with van der Waals surface area (Å²) in [6, 6.07) is 2.71. The molecule has 0 saturated heterocycles. The van der Waals surface area contributed by atoms with Gasteiger partial charge in [0.1, 0.15) is 5.82 Å². The molecule has 0 unspecified atom stereocenters. The van der Waals surface area contributed by atoms with Gasteiger partial charge >= 0.3 is 5.97 Å². The molecule has 20 heavy (non-hydrogen) atoms. The molecule has 0 heterocycles. The van der Waals surface area contributed by atoms with Crippen molar-refractivity contribution in [2.75, 3.05) is 18.2 Å². The van der Waals surface area contributed by atoms with E-state index in [0.717, 1.165) is 6.07 Å².